The van der Waals surface area contributed by atoms with Crippen LogP contribution in [0.4, 0.5) is 0 Å². The van der Waals surface area contributed by atoms with E-state index < -0.39 is 11.9 Å². The lowest BCUT2D eigenvalue weighted by Crippen LogP contribution is -2.34. The summed E-state index contributed by atoms with van der Waals surface area (Å²) in [6, 6.07) is 0.0960. The monoisotopic (exact) mass is 300 g/mol. The van der Waals surface area contributed by atoms with Crippen molar-refractivity contribution in [3.63, 3.8) is 0 Å². The molecule has 0 heterocycles. The van der Waals surface area contributed by atoms with Crippen LogP contribution in [0.1, 0.15) is 53.4 Å². The Morgan fingerprint density at radius 2 is 1.57 bits per heavy atom. The molecule has 0 spiro atoms. The molecule has 0 aromatic rings. The fourth-order valence-corrected chi connectivity index (χ4v) is 1.97. The summed E-state index contributed by atoms with van der Waals surface area (Å²) in [5.41, 5.74) is 0. The molecule has 2 amide bonds. The SMILES string of the molecule is CC(C)CC(CNC(=O)CCCC(=O)NC(C)C)C(=O)O. The van der Waals surface area contributed by atoms with E-state index in [4.69, 9.17) is 5.11 Å². The van der Waals surface area contributed by atoms with Gasteiger partial charge in [-0.2, -0.15) is 0 Å². The van der Waals surface area contributed by atoms with E-state index >= 15 is 0 Å². The Labute approximate surface area is 126 Å². The summed E-state index contributed by atoms with van der Waals surface area (Å²) in [4.78, 5) is 34.1. The molecular weight excluding hydrogens is 272 g/mol. The standard InChI is InChI=1S/C15H28N2O4/c1-10(2)8-12(15(20)21)9-16-13(18)6-5-7-14(19)17-11(3)4/h10-12H,5-9H2,1-4H3,(H,16,18)(H,17,19)(H,20,21). The molecule has 0 radical (unpaired) electrons. The summed E-state index contributed by atoms with van der Waals surface area (Å²) < 4.78 is 0. The summed E-state index contributed by atoms with van der Waals surface area (Å²) >= 11 is 0. The first kappa shape index (κ1) is 19.4. The zero-order chi connectivity index (χ0) is 16.4. The topological polar surface area (TPSA) is 95.5 Å². The maximum atomic E-state index is 11.6. The Morgan fingerprint density at radius 1 is 1.00 bits per heavy atom. The molecular formula is C15H28N2O4. The van der Waals surface area contributed by atoms with Gasteiger partial charge in [-0.1, -0.05) is 13.8 Å². The normalized spacial score (nSPS) is 12.3. The van der Waals surface area contributed by atoms with Crippen LogP contribution in [-0.4, -0.2) is 35.5 Å². The number of amides is 2. The highest BCUT2D eigenvalue weighted by atomic mass is 16.4. The molecule has 1 unspecified atom stereocenters. The van der Waals surface area contributed by atoms with Crippen LogP contribution in [0.25, 0.3) is 0 Å². The largest absolute Gasteiger partial charge is 0.481 e. The van der Waals surface area contributed by atoms with Gasteiger partial charge in [-0.15, -0.1) is 0 Å². The number of carbonyl (C=O) groups excluding carboxylic acids is 2. The van der Waals surface area contributed by atoms with Crippen LogP contribution in [-0.2, 0) is 14.4 Å². The lowest BCUT2D eigenvalue weighted by atomic mass is 9.97. The van der Waals surface area contributed by atoms with Crippen molar-refractivity contribution in [2.45, 2.75) is 59.4 Å². The number of hydrogen-bond donors (Lipinski definition) is 3. The number of hydrogen-bond acceptors (Lipinski definition) is 3. The van der Waals surface area contributed by atoms with Crippen molar-refractivity contribution in [2.24, 2.45) is 11.8 Å². The molecule has 0 fully saturated rings. The average Bonchev–Trinajstić information content (AvgIpc) is 2.32. The number of aliphatic carboxylic acids is 1. The Hall–Kier alpha value is -1.59. The third-order valence-electron chi connectivity index (χ3n) is 2.91. The minimum Gasteiger partial charge on any atom is -0.481 e. The summed E-state index contributed by atoms with van der Waals surface area (Å²) in [5, 5.41) is 14.5. The fourth-order valence-electron chi connectivity index (χ4n) is 1.97. The number of carbonyl (C=O) groups is 3. The Balaban J connectivity index is 3.93. The van der Waals surface area contributed by atoms with E-state index in [1.54, 1.807) is 0 Å². The minimum atomic E-state index is -0.889. The van der Waals surface area contributed by atoms with Gasteiger partial charge in [0, 0.05) is 25.4 Å². The predicted octanol–water partition coefficient (Wildman–Crippen LogP) is 1.54. The summed E-state index contributed by atoms with van der Waals surface area (Å²) in [5.74, 6) is -1.45. The minimum absolute atomic E-state index is 0.0685. The van der Waals surface area contributed by atoms with E-state index in [1.807, 2.05) is 27.7 Å². The van der Waals surface area contributed by atoms with Gasteiger partial charge in [0.1, 0.15) is 0 Å². The molecule has 0 aliphatic heterocycles. The molecule has 0 bridgehead atoms. The van der Waals surface area contributed by atoms with Crippen LogP contribution in [0.5, 0.6) is 0 Å². The second-order valence-electron chi connectivity index (χ2n) is 6.04. The van der Waals surface area contributed by atoms with Gasteiger partial charge in [0.25, 0.3) is 0 Å². The molecule has 122 valence electrons. The second-order valence-corrected chi connectivity index (χ2v) is 6.04. The van der Waals surface area contributed by atoms with E-state index in [2.05, 4.69) is 10.6 Å². The Kier molecular flexibility index (Phi) is 9.41. The molecule has 1 atom stereocenters. The third kappa shape index (κ3) is 10.8. The average molecular weight is 300 g/mol. The third-order valence-corrected chi connectivity index (χ3v) is 2.91. The van der Waals surface area contributed by atoms with Crippen molar-refractivity contribution in [3.8, 4) is 0 Å². The van der Waals surface area contributed by atoms with Crippen molar-refractivity contribution in [3.05, 3.63) is 0 Å². The van der Waals surface area contributed by atoms with Gasteiger partial charge in [-0.25, -0.2) is 0 Å². The van der Waals surface area contributed by atoms with Crippen LogP contribution in [0, 0.1) is 11.8 Å². The molecule has 0 aromatic heterocycles. The van der Waals surface area contributed by atoms with Gasteiger partial charge < -0.3 is 15.7 Å². The maximum absolute atomic E-state index is 11.6. The summed E-state index contributed by atoms with van der Waals surface area (Å²) in [7, 11) is 0. The molecule has 3 N–H and O–H groups in total. The van der Waals surface area contributed by atoms with E-state index in [0.29, 0.717) is 19.3 Å². The molecule has 6 heteroatoms. The number of rotatable bonds is 10. The molecule has 6 nitrogen and oxygen atoms in total. The van der Waals surface area contributed by atoms with Crippen LogP contribution < -0.4 is 10.6 Å². The first-order chi connectivity index (χ1) is 9.72. The lowest BCUT2D eigenvalue weighted by Gasteiger charge is -2.15. The van der Waals surface area contributed by atoms with Gasteiger partial charge in [-0.05, 0) is 32.6 Å². The maximum Gasteiger partial charge on any atom is 0.308 e. The first-order valence-corrected chi connectivity index (χ1v) is 7.51. The van der Waals surface area contributed by atoms with E-state index in [1.165, 1.54) is 0 Å². The molecule has 0 aromatic carbocycles. The zero-order valence-corrected chi connectivity index (χ0v) is 13.4. The van der Waals surface area contributed by atoms with Crippen molar-refractivity contribution < 1.29 is 19.5 Å². The Bertz CT molecular complexity index is 354. The summed E-state index contributed by atoms with van der Waals surface area (Å²) in [6.45, 7) is 7.80. The van der Waals surface area contributed by atoms with Gasteiger partial charge >= 0.3 is 5.97 Å². The highest BCUT2D eigenvalue weighted by Gasteiger charge is 2.19. The van der Waals surface area contributed by atoms with Crippen LogP contribution >= 0.6 is 0 Å². The molecule has 0 aliphatic carbocycles. The van der Waals surface area contributed by atoms with Crippen molar-refractivity contribution in [1.82, 2.24) is 10.6 Å². The van der Waals surface area contributed by atoms with Gasteiger partial charge in [-0.3, -0.25) is 14.4 Å². The number of carboxylic acid groups (broad SMARTS) is 1. The molecule has 0 saturated carbocycles. The van der Waals surface area contributed by atoms with Crippen molar-refractivity contribution in [1.29, 1.82) is 0 Å². The second kappa shape index (κ2) is 10.2. The zero-order valence-electron chi connectivity index (χ0n) is 13.4. The molecule has 0 rings (SSSR count). The first-order valence-electron chi connectivity index (χ1n) is 7.51. The fraction of sp³-hybridized carbons (Fsp3) is 0.800. The number of nitrogens with one attached hydrogen (secondary N) is 2. The van der Waals surface area contributed by atoms with Crippen LogP contribution in [0.2, 0.25) is 0 Å². The Morgan fingerprint density at radius 3 is 2.05 bits per heavy atom. The molecule has 0 saturated heterocycles. The number of carboxylic acids is 1. The quantitative estimate of drug-likeness (QED) is 0.570. The summed E-state index contributed by atoms with van der Waals surface area (Å²) in [6.07, 6.45) is 1.54. The highest BCUT2D eigenvalue weighted by Crippen LogP contribution is 2.11. The molecule has 0 aliphatic rings. The van der Waals surface area contributed by atoms with Crippen LogP contribution in [0.15, 0.2) is 0 Å². The van der Waals surface area contributed by atoms with Gasteiger partial charge in [0.05, 0.1) is 5.92 Å². The van der Waals surface area contributed by atoms with E-state index in [0.717, 1.165) is 0 Å². The highest BCUT2D eigenvalue weighted by molar-refractivity contribution is 5.79. The van der Waals surface area contributed by atoms with E-state index in [9.17, 15) is 14.4 Å². The molecule has 21 heavy (non-hydrogen) atoms. The smallest absolute Gasteiger partial charge is 0.308 e. The van der Waals surface area contributed by atoms with E-state index in [-0.39, 0.29) is 36.7 Å². The van der Waals surface area contributed by atoms with Gasteiger partial charge in [0.2, 0.25) is 11.8 Å². The van der Waals surface area contributed by atoms with Gasteiger partial charge in [0.15, 0.2) is 0 Å². The predicted molar refractivity (Wildman–Crippen MR) is 80.7 cm³/mol. The van der Waals surface area contributed by atoms with Crippen molar-refractivity contribution >= 4 is 17.8 Å². The lowest BCUT2D eigenvalue weighted by molar-refractivity contribution is -0.142. The van der Waals surface area contributed by atoms with Crippen molar-refractivity contribution in [2.75, 3.05) is 6.54 Å². The van der Waals surface area contributed by atoms with Crippen LogP contribution in [0.3, 0.4) is 0 Å².